The number of carbonyl (C=O) groups is 2. The molecule has 28 heavy (non-hydrogen) atoms. The quantitative estimate of drug-likeness (QED) is 0.465. The second-order valence-corrected chi connectivity index (χ2v) is 7.88. The van der Waals surface area contributed by atoms with Gasteiger partial charge in [-0.2, -0.15) is 0 Å². The van der Waals surface area contributed by atoms with E-state index in [0.29, 0.717) is 28.4 Å². The molecule has 3 rings (SSSR count). The van der Waals surface area contributed by atoms with E-state index < -0.39 is 23.7 Å². The molecule has 1 atom stereocenters. The zero-order chi connectivity index (χ0) is 20.3. The van der Waals surface area contributed by atoms with Gasteiger partial charge in [-0.05, 0) is 44.5 Å². The molecule has 0 fully saturated rings. The van der Waals surface area contributed by atoms with Crippen LogP contribution in [0.25, 0.3) is 0 Å². The van der Waals surface area contributed by atoms with Gasteiger partial charge in [0.25, 0.3) is 0 Å². The lowest BCUT2D eigenvalue weighted by molar-refractivity contribution is -0.136. The van der Waals surface area contributed by atoms with Crippen LogP contribution in [0.3, 0.4) is 0 Å². The lowest BCUT2D eigenvalue weighted by Gasteiger charge is -2.20. The van der Waals surface area contributed by atoms with Crippen LogP contribution in [0.5, 0.6) is 5.75 Å². The monoisotopic (exact) mass is 398 g/mol. The van der Waals surface area contributed by atoms with Gasteiger partial charge in [-0.1, -0.05) is 42.5 Å². The minimum absolute atomic E-state index is 0.354. The third-order valence-corrected chi connectivity index (χ3v) is 4.29. The molecule has 0 aromatic heterocycles. The van der Waals surface area contributed by atoms with Crippen LogP contribution in [0.4, 0.5) is 10.5 Å². The maximum Gasteiger partial charge on any atom is 0.412 e. The van der Waals surface area contributed by atoms with Crippen LogP contribution >= 0.6 is 12.2 Å². The molecular weight excluding hydrogens is 376 g/mol. The molecule has 0 unspecified atom stereocenters. The average molecular weight is 398 g/mol. The van der Waals surface area contributed by atoms with Gasteiger partial charge in [-0.25, -0.2) is 9.59 Å². The minimum Gasteiger partial charge on any atom is -0.444 e. The first-order valence-corrected chi connectivity index (χ1v) is 9.32. The van der Waals surface area contributed by atoms with Crippen LogP contribution in [0.1, 0.15) is 31.9 Å². The number of hydrogen-bond donors (Lipinski definition) is 2. The van der Waals surface area contributed by atoms with Crippen molar-refractivity contribution in [2.75, 3.05) is 5.32 Å². The van der Waals surface area contributed by atoms with Gasteiger partial charge >= 0.3 is 12.1 Å². The van der Waals surface area contributed by atoms with Crippen molar-refractivity contribution in [2.45, 2.75) is 38.8 Å². The van der Waals surface area contributed by atoms with Crippen LogP contribution in [0.15, 0.2) is 48.5 Å². The smallest absolute Gasteiger partial charge is 0.412 e. The Balaban J connectivity index is 1.76. The minimum atomic E-state index is -0.604. The van der Waals surface area contributed by atoms with Crippen molar-refractivity contribution in [2.24, 2.45) is 0 Å². The predicted molar refractivity (Wildman–Crippen MR) is 111 cm³/mol. The van der Waals surface area contributed by atoms with Crippen LogP contribution < -0.4 is 15.4 Å². The number of amides is 1. The van der Waals surface area contributed by atoms with E-state index in [1.165, 1.54) is 0 Å². The Bertz CT molecular complexity index is 906. The molecule has 2 N–H and O–H groups in total. The van der Waals surface area contributed by atoms with Crippen LogP contribution in [0.2, 0.25) is 0 Å². The largest absolute Gasteiger partial charge is 0.444 e. The fourth-order valence-electron chi connectivity index (χ4n) is 2.75. The van der Waals surface area contributed by atoms with E-state index in [1.54, 1.807) is 39.0 Å². The molecule has 1 aliphatic rings. The van der Waals surface area contributed by atoms with Gasteiger partial charge in [0.1, 0.15) is 22.4 Å². The van der Waals surface area contributed by atoms with Crippen molar-refractivity contribution in [3.8, 4) is 5.75 Å². The summed E-state index contributed by atoms with van der Waals surface area (Å²) in [6, 6.07) is 13.9. The average Bonchev–Trinajstić information content (AvgIpc) is 2.71. The molecule has 1 heterocycles. The number of benzene rings is 2. The van der Waals surface area contributed by atoms with Gasteiger partial charge in [-0.15, -0.1) is 0 Å². The van der Waals surface area contributed by atoms with Crippen LogP contribution in [0, 0.1) is 0 Å². The molecule has 2 aromatic carbocycles. The zero-order valence-electron chi connectivity index (χ0n) is 15.9. The number of thiocarbonyl (C=S) groups is 1. The van der Waals surface area contributed by atoms with Crippen LogP contribution in [-0.4, -0.2) is 28.7 Å². The summed E-state index contributed by atoms with van der Waals surface area (Å²) in [7, 11) is 0. The SMILES string of the molecule is CC(C)(C)OC(=O)Nc1ccc2c(c1)C(=S)N[C@@H](Cc1ccccc1)C(=O)O2. The van der Waals surface area contributed by atoms with E-state index in [0.717, 1.165) is 5.56 Å². The Labute approximate surface area is 169 Å². The third kappa shape index (κ3) is 5.07. The summed E-state index contributed by atoms with van der Waals surface area (Å²) in [5.74, 6) is -0.0504. The first-order valence-electron chi connectivity index (χ1n) is 8.92. The van der Waals surface area contributed by atoms with Gasteiger partial charge in [0, 0.05) is 12.1 Å². The van der Waals surface area contributed by atoms with Gasteiger partial charge < -0.3 is 14.8 Å². The van der Waals surface area contributed by atoms with E-state index in [-0.39, 0.29) is 0 Å². The number of fused-ring (bicyclic) bond motifs is 1. The summed E-state index contributed by atoms with van der Waals surface area (Å²) in [6.07, 6.45) is -0.115. The highest BCUT2D eigenvalue weighted by atomic mass is 32.1. The Kier molecular flexibility index (Phi) is 5.65. The van der Waals surface area contributed by atoms with E-state index in [4.69, 9.17) is 21.7 Å². The zero-order valence-corrected chi connectivity index (χ0v) is 16.8. The second kappa shape index (κ2) is 7.98. The number of nitrogens with one attached hydrogen (secondary N) is 2. The Morgan fingerprint density at radius 2 is 1.93 bits per heavy atom. The van der Waals surface area contributed by atoms with Crippen molar-refractivity contribution in [3.05, 3.63) is 59.7 Å². The number of carbonyl (C=O) groups excluding carboxylic acids is 2. The predicted octanol–water partition coefficient (Wildman–Crippen LogP) is 3.83. The topological polar surface area (TPSA) is 76.7 Å². The molecule has 0 radical (unpaired) electrons. The summed E-state index contributed by atoms with van der Waals surface area (Å²) in [6.45, 7) is 5.36. The molecule has 0 saturated heterocycles. The number of ether oxygens (including phenoxy) is 2. The van der Waals surface area contributed by atoms with E-state index >= 15 is 0 Å². The summed E-state index contributed by atoms with van der Waals surface area (Å²) in [5.41, 5.74) is 1.42. The van der Waals surface area contributed by atoms with Crippen molar-refractivity contribution in [1.82, 2.24) is 5.32 Å². The Morgan fingerprint density at radius 3 is 2.61 bits per heavy atom. The maximum atomic E-state index is 12.5. The molecule has 7 heteroatoms. The van der Waals surface area contributed by atoms with Gasteiger partial charge in [0.2, 0.25) is 0 Å². The van der Waals surface area contributed by atoms with E-state index in [9.17, 15) is 9.59 Å². The molecule has 2 aromatic rings. The van der Waals surface area contributed by atoms with E-state index in [1.807, 2.05) is 30.3 Å². The standard InChI is InChI=1S/C21H22N2O4S/c1-21(2,3)27-20(25)22-14-9-10-17-15(12-14)18(28)23-16(19(24)26-17)11-13-7-5-4-6-8-13/h4-10,12,16H,11H2,1-3H3,(H,22,25)(H,23,28)/t16-/m0/s1. The molecule has 146 valence electrons. The number of rotatable bonds is 3. The summed E-state index contributed by atoms with van der Waals surface area (Å²) in [5, 5.41) is 5.73. The maximum absolute atomic E-state index is 12.5. The lowest BCUT2D eigenvalue weighted by Crippen LogP contribution is -2.41. The van der Waals surface area contributed by atoms with Gasteiger partial charge in [-0.3, -0.25) is 5.32 Å². The highest BCUT2D eigenvalue weighted by molar-refractivity contribution is 7.80. The number of esters is 1. The summed E-state index contributed by atoms with van der Waals surface area (Å²) < 4.78 is 10.8. The molecule has 1 amide bonds. The molecule has 0 saturated carbocycles. The fourth-order valence-corrected chi connectivity index (χ4v) is 3.06. The normalized spacial score (nSPS) is 16.3. The Hall–Kier alpha value is -2.93. The van der Waals surface area contributed by atoms with Gasteiger partial charge in [0.05, 0.1) is 5.56 Å². The van der Waals surface area contributed by atoms with E-state index in [2.05, 4.69) is 10.6 Å². The Morgan fingerprint density at radius 1 is 1.21 bits per heavy atom. The highest BCUT2D eigenvalue weighted by Gasteiger charge is 2.28. The molecule has 0 bridgehead atoms. The van der Waals surface area contributed by atoms with Crippen molar-refractivity contribution < 1.29 is 19.1 Å². The molecule has 6 nitrogen and oxygen atoms in total. The second-order valence-electron chi connectivity index (χ2n) is 7.47. The summed E-state index contributed by atoms with van der Waals surface area (Å²) >= 11 is 5.47. The first kappa shape index (κ1) is 19.8. The van der Waals surface area contributed by atoms with Gasteiger partial charge in [0.15, 0.2) is 0 Å². The van der Waals surface area contributed by atoms with Crippen molar-refractivity contribution in [3.63, 3.8) is 0 Å². The molecular formula is C21H22N2O4S. The number of anilines is 1. The first-order chi connectivity index (χ1) is 13.2. The fraction of sp³-hybridized carbons (Fsp3) is 0.286. The van der Waals surface area contributed by atoms with Crippen molar-refractivity contribution >= 4 is 35.0 Å². The molecule has 1 aliphatic heterocycles. The molecule has 0 spiro atoms. The molecule has 0 aliphatic carbocycles. The third-order valence-electron chi connectivity index (χ3n) is 3.95. The highest BCUT2D eigenvalue weighted by Crippen LogP contribution is 2.27. The van der Waals surface area contributed by atoms with Crippen LogP contribution in [-0.2, 0) is 16.0 Å². The lowest BCUT2D eigenvalue weighted by atomic mass is 10.1. The number of hydrogen-bond acceptors (Lipinski definition) is 5. The van der Waals surface area contributed by atoms with Crippen molar-refractivity contribution in [1.29, 1.82) is 0 Å². The summed E-state index contributed by atoms with van der Waals surface area (Å²) in [4.78, 5) is 24.9.